The first-order valence-electron chi connectivity index (χ1n) is 9.22. The van der Waals surface area contributed by atoms with Crippen LogP contribution in [0.25, 0.3) is 0 Å². The van der Waals surface area contributed by atoms with E-state index >= 15 is 0 Å². The van der Waals surface area contributed by atoms with E-state index in [1.165, 1.54) is 12.0 Å². The van der Waals surface area contributed by atoms with Crippen LogP contribution in [-0.4, -0.2) is 24.1 Å². The van der Waals surface area contributed by atoms with Gasteiger partial charge in [-0.15, -0.1) is 0 Å². The first-order chi connectivity index (χ1) is 11.0. The van der Waals surface area contributed by atoms with E-state index in [0.29, 0.717) is 18.4 Å². The molecule has 128 valence electrons. The highest BCUT2D eigenvalue weighted by atomic mass is 16.5. The van der Waals surface area contributed by atoms with Crippen molar-refractivity contribution in [1.29, 1.82) is 0 Å². The molecule has 3 aliphatic carbocycles. The van der Waals surface area contributed by atoms with Gasteiger partial charge in [-0.25, -0.2) is 0 Å². The first-order valence-corrected chi connectivity index (χ1v) is 9.22. The normalized spacial score (nSPS) is 31.3. The van der Waals surface area contributed by atoms with E-state index in [1.807, 2.05) is 0 Å². The van der Waals surface area contributed by atoms with Gasteiger partial charge in [0.2, 0.25) is 0 Å². The summed E-state index contributed by atoms with van der Waals surface area (Å²) >= 11 is 0. The number of hydrogen-bond donors (Lipinski definition) is 1. The zero-order valence-electron chi connectivity index (χ0n) is 14.8. The molecule has 0 aromatic heterocycles. The Hall–Kier alpha value is -1.09. The van der Waals surface area contributed by atoms with Gasteiger partial charge in [0.15, 0.2) is 5.78 Å². The number of Topliss-reactive ketones (excluding diaryl/α,β-unsaturated/α-hetero) is 1. The molecule has 0 spiro atoms. The van der Waals surface area contributed by atoms with Crippen molar-refractivity contribution in [1.82, 2.24) is 0 Å². The third-order valence-corrected chi connectivity index (χ3v) is 6.28. The number of carbonyl (C=O) groups excluding carboxylic acids is 1. The maximum atomic E-state index is 13.3. The number of rotatable bonds is 4. The Morgan fingerprint density at radius 3 is 2.70 bits per heavy atom. The van der Waals surface area contributed by atoms with Crippen molar-refractivity contribution in [3.63, 3.8) is 0 Å². The monoisotopic (exact) mass is 318 g/mol. The Balaban J connectivity index is 2.04. The zero-order chi connectivity index (χ0) is 16.6. The van der Waals surface area contributed by atoms with Crippen molar-refractivity contribution in [3.8, 4) is 0 Å². The Kier molecular flexibility index (Phi) is 4.68. The molecule has 0 radical (unpaired) electrons. The molecule has 0 fully saturated rings. The predicted molar refractivity (Wildman–Crippen MR) is 90.9 cm³/mol. The summed E-state index contributed by atoms with van der Waals surface area (Å²) in [6.45, 7) is 7.08. The van der Waals surface area contributed by atoms with E-state index in [9.17, 15) is 4.79 Å². The van der Waals surface area contributed by atoms with Crippen molar-refractivity contribution in [3.05, 3.63) is 22.5 Å². The fourth-order valence-corrected chi connectivity index (χ4v) is 5.08. The van der Waals surface area contributed by atoms with Crippen LogP contribution in [0.3, 0.4) is 0 Å². The Bertz CT molecular complexity index is 555. The lowest BCUT2D eigenvalue weighted by molar-refractivity contribution is -0.113. The van der Waals surface area contributed by atoms with Crippen LogP contribution in [0.2, 0.25) is 0 Å². The Labute approximate surface area is 139 Å². The van der Waals surface area contributed by atoms with Crippen molar-refractivity contribution < 1.29 is 14.6 Å². The fourth-order valence-electron chi connectivity index (χ4n) is 5.08. The lowest BCUT2D eigenvalue weighted by atomic mass is 9.67. The van der Waals surface area contributed by atoms with Crippen molar-refractivity contribution in [2.75, 3.05) is 13.2 Å². The number of carbonyl (C=O) groups is 1. The van der Waals surface area contributed by atoms with Crippen LogP contribution in [0.1, 0.15) is 65.7 Å². The molecule has 3 rings (SSSR count). The van der Waals surface area contributed by atoms with Crippen LogP contribution in [-0.2, 0) is 9.53 Å². The molecule has 0 aromatic rings. The zero-order valence-corrected chi connectivity index (χ0v) is 14.8. The summed E-state index contributed by atoms with van der Waals surface area (Å²) < 4.78 is 5.86. The SMILES string of the molecule is CC(C)[C@H]1CC(OCCO)=C2C(=O)C3=C(CCCC3)CC[C@@]21C. The van der Waals surface area contributed by atoms with Gasteiger partial charge in [-0.05, 0) is 55.9 Å². The van der Waals surface area contributed by atoms with Crippen LogP contribution < -0.4 is 0 Å². The fraction of sp³-hybridized carbons (Fsp3) is 0.750. The lowest BCUT2D eigenvalue weighted by Gasteiger charge is -2.35. The second kappa shape index (κ2) is 6.43. The number of allylic oxidation sites excluding steroid dienone is 4. The number of ketones is 1. The minimum Gasteiger partial charge on any atom is -0.495 e. The number of ether oxygens (including phenoxy) is 1. The minimum absolute atomic E-state index is 0.00196. The van der Waals surface area contributed by atoms with Gasteiger partial charge in [-0.1, -0.05) is 26.3 Å². The molecular weight excluding hydrogens is 288 g/mol. The molecular formula is C20H30O3. The van der Waals surface area contributed by atoms with Gasteiger partial charge in [0.05, 0.1) is 6.61 Å². The summed E-state index contributed by atoms with van der Waals surface area (Å²) in [5, 5.41) is 9.13. The molecule has 3 nitrogen and oxygen atoms in total. The molecule has 0 saturated carbocycles. The smallest absolute Gasteiger partial charge is 0.188 e. The molecule has 0 aliphatic heterocycles. The van der Waals surface area contributed by atoms with Gasteiger partial charge in [0.25, 0.3) is 0 Å². The second-order valence-corrected chi connectivity index (χ2v) is 7.96. The second-order valence-electron chi connectivity index (χ2n) is 7.96. The maximum Gasteiger partial charge on any atom is 0.188 e. The van der Waals surface area contributed by atoms with Crippen molar-refractivity contribution in [2.45, 2.75) is 65.7 Å². The van der Waals surface area contributed by atoms with E-state index in [1.54, 1.807) is 0 Å². The van der Waals surface area contributed by atoms with Crippen molar-refractivity contribution >= 4 is 5.78 Å². The number of hydrogen-bond acceptors (Lipinski definition) is 3. The predicted octanol–water partition coefficient (Wildman–Crippen LogP) is 4.17. The highest BCUT2D eigenvalue weighted by Crippen LogP contribution is 2.57. The maximum absolute atomic E-state index is 13.3. The van der Waals surface area contributed by atoms with Gasteiger partial charge in [-0.2, -0.15) is 0 Å². The van der Waals surface area contributed by atoms with Crippen LogP contribution in [0, 0.1) is 17.3 Å². The molecule has 0 saturated heterocycles. The Morgan fingerprint density at radius 2 is 2.00 bits per heavy atom. The molecule has 2 atom stereocenters. The van der Waals surface area contributed by atoms with Crippen LogP contribution in [0.5, 0.6) is 0 Å². The van der Waals surface area contributed by atoms with Crippen LogP contribution >= 0.6 is 0 Å². The number of aliphatic hydroxyl groups is 1. The number of aliphatic hydroxyl groups excluding tert-OH is 1. The lowest BCUT2D eigenvalue weighted by Crippen LogP contribution is -2.31. The number of fused-ring (bicyclic) bond motifs is 1. The molecule has 0 heterocycles. The molecule has 0 aromatic carbocycles. The average molecular weight is 318 g/mol. The first kappa shape index (κ1) is 16.8. The third kappa shape index (κ3) is 2.77. The van der Waals surface area contributed by atoms with Gasteiger partial charge in [-0.3, -0.25) is 4.79 Å². The van der Waals surface area contributed by atoms with E-state index in [0.717, 1.165) is 55.4 Å². The molecule has 23 heavy (non-hydrogen) atoms. The van der Waals surface area contributed by atoms with E-state index in [2.05, 4.69) is 20.8 Å². The highest BCUT2D eigenvalue weighted by molar-refractivity contribution is 6.10. The molecule has 0 unspecified atom stereocenters. The molecule has 3 heteroatoms. The summed E-state index contributed by atoms with van der Waals surface area (Å²) in [5.74, 6) is 2.10. The summed E-state index contributed by atoms with van der Waals surface area (Å²) in [5.41, 5.74) is 3.36. The summed E-state index contributed by atoms with van der Waals surface area (Å²) in [6, 6.07) is 0. The highest BCUT2D eigenvalue weighted by Gasteiger charge is 2.51. The van der Waals surface area contributed by atoms with Gasteiger partial charge < -0.3 is 9.84 Å². The quantitative estimate of drug-likeness (QED) is 0.846. The van der Waals surface area contributed by atoms with Gasteiger partial charge >= 0.3 is 0 Å². The molecule has 3 aliphatic rings. The van der Waals surface area contributed by atoms with Gasteiger partial charge in [0, 0.05) is 17.4 Å². The molecule has 0 bridgehead atoms. The van der Waals surface area contributed by atoms with E-state index < -0.39 is 0 Å². The van der Waals surface area contributed by atoms with Crippen LogP contribution in [0.4, 0.5) is 0 Å². The summed E-state index contributed by atoms with van der Waals surface area (Å²) in [6.07, 6.45) is 7.37. The summed E-state index contributed by atoms with van der Waals surface area (Å²) in [4.78, 5) is 13.3. The van der Waals surface area contributed by atoms with Crippen molar-refractivity contribution in [2.24, 2.45) is 17.3 Å². The van der Waals surface area contributed by atoms with Crippen LogP contribution in [0.15, 0.2) is 22.5 Å². The largest absolute Gasteiger partial charge is 0.495 e. The topological polar surface area (TPSA) is 46.5 Å². The Morgan fingerprint density at radius 1 is 1.26 bits per heavy atom. The third-order valence-electron chi connectivity index (χ3n) is 6.28. The summed E-state index contributed by atoms with van der Waals surface area (Å²) in [7, 11) is 0. The molecule has 1 N–H and O–H groups in total. The standard InChI is InChI=1S/C20H30O3/c1-13(2)16-12-17(23-11-10-21)18-19(22)15-7-5-4-6-14(15)8-9-20(16,18)3/h13,16,21H,4-12H2,1-3H3/t16-,20-/m1/s1. The molecule has 0 amide bonds. The minimum atomic E-state index is -0.0760. The van der Waals surface area contributed by atoms with E-state index in [-0.39, 0.29) is 17.8 Å². The van der Waals surface area contributed by atoms with Gasteiger partial charge in [0.1, 0.15) is 12.4 Å². The van der Waals surface area contributed by atoms with E-state index in [4.69, 9.17) is 9.84 Å². The average Bonchev–Trinajstić information content (AvgIpc) is 2.77.